The molecule has 1 spiro atoms. The number of nitrogens with zero attached hydrogens (tertiary/aromatic N) is 1. The third-order valence-corrected chi connectivity index (χ3v) is 5.50. The van der Waals surface area contributed by atoms with Crippen LogP contribution in [0.3, 0.4) is 0 Å². The van der Waals surface area contributed by atoms with Crippen LogP contribution >= 0.6 is 0 Å². The number of amides is 1. The number of methoxy groups -OCH3 is 2. The minimum Gasteiger partial charge on any atom is -0.372 e. The van der Waals surface area contributed by atoms with Crippen molar-refractivity contribution in [2.45, 2.75) is 64.7 Å². The number of carbonyl (C=O) groups is 1. The number of ether oxygens (including phenoxy) is 3. The molecule has 5 heteroatoms. The molecule has 1 aliphatic heterocycles. The van der Waals surface area contributed by atoms with Crippen LogP contribution in [0.25, 0.3) is 0 Å². The minimum absolute atomic E-state index is 0.123. The van der Waals surface area contributed by atoms with Gasteiger partial charge in [-0.05, 0) is 12.3 Å². The van der Waals surface area contributed by atoms with Gasteiger partial charge in [-0.1, -0.05) is 33.6 Å². The highest BCUT2D eigenvalue weighted by Gasteiger charge is 2.67. The molecule has 134 valence electrons. The number of hydrogen-bond acceptors (Lipinski definition) is 4. The molecule has 2 fully saturated rings. The number of unbranched alkanes of at least 4 members (excludes halogenated alkanes) is 2. The molecule has 0 bridgehead atoms. The van der Waals surface area contributed by atoms with Crippen molar-refractivity contribution >= 4 is 5.91 Å². The highest BCUT2D eigenvalue weighted by atomic mass is 16.7. The Balaban J connectivity index is 1.84. The zero-order valence-electron chi connectivity index (χ0n) is 15.4. The van der Waals surface area contributed by atoms with Gasteiger partial charge < -0.3 is 19.1 Å². The Labute approximate surface area is 140 Å². The lowest BCUT2D eigenvalue weighted by molar-refractivity contribution is -0.334. The first-order valence-corrected chi connectivity index (χ1v) is 8.91. The maximum atomic E-state index is 12.4. The lowest BCUT2D eigenvalue weighted by atomic mass is 9.52. The van der Waals surface area contributed by atoms with Crippen molar-refractivity contribution < 1.29 is 19.0 Å². The van der Waals surface area contributed by atoms with E-state index in [1.54, 1.807) is 14.2 Å². The Kier molecular flexibility index (Phi) is 6.09. The summed E-state index contributed by atoms with van der Waals surface area (Å²) in [4.78, 5) is 14.4. The van der Waals surface area contributed by atoms with Gasteiger partial charge in [0.25, 0.3) is 0 Å². The van der Waals surface area contributed by atoms with Crippen LogP contribution < -0.4 is 0 Å². The van der Waals surface area contributed by atoms with Crippen LogP contribution in [-0.2, 0) is 19.0 Å². The van der Waals surface area contributed by atoms with Crippen LogP contribution in [0.1, 0.15) is 52.9 Å². The van der Waals surface area contributed by atoms with Gasteiger partial charge in [0.15, 0.2) is 5.79 Å². The fourth-order valence-corrected chi connectivity index (χ4v) is 4.47. The summed E-state index contributed by atoms with van der Waals surface area (Å²) >= 11 is 0. The molecule has 0 N–H and O–H groups in total. The fourth-order valence-electron chi connectivity index (χ4n) is 4.47. The molecule has 1 unspecified atom stereocenters. The monoisotopic (exact) mass is 327 g/mol. The van der Waals surface area contributed by atoms with E-state index in [-0.39, 0.29) is 24.0 Å². The summed E-state index contributed by atoms with van der Waals surface area (Å²) in [7, 11) is 3.40. The van der Waals surface area contributed by atoms with E-state index in [1.165, 1.54) is 6.42 Å². The first-order valence-electron chi connectivity index (χ1n) is 8.91. The van der Waals surface area contributed by atoms with Gasteiger partial charge in [-0.2, -0.15) is 0 Å². The van der Waals surface area contributed by atoms with E-state index in [0.717, 1.165) is 32.2 Å². The molecule has 5 nitrogen and oxygen atoms in total. The third kappa shape index (κ3) is 3.57. The van der Waals surface area contributed by atoms with Crippen LogP contribution in [0.5, 0.6) is 0 Å². The molecule has 0 radical (unpaired) electrons. The smallest absolute Gasteiger partial charge is 0.248 e. The maximum absolute atomic E-state index is 12.4. The second-order valence-corrected chi connectivity index (χ2v) is 7.51. The van der Waals surface area contributed by atoms with Crippen molar-refractivity contribution in [1.82, 2.24) is 4.90 Å². The molecular weight excluding hydrogens is 294 g/mol. The van der Waals surface area contributed by atoms with E-state index in [4.69, 9.17) is 14.2 Å². The second kappa shape index (κ2) is 7.49. The Morgan fingerprint density at radius 3 is 2.39 bits per heavy atom. The first kappa shape index (κ1) is 18.7. The van der Waals surface area contributed by atoms with Gasteiger partial charge in [0.1, 0.15) is 6.61 Å². The average Bonchev–Trinajstić information content (AvgIpc) is 2.45. The summed E-state index contributed by atoms with van der Waals surface area (Å²) in [5, 5.41) is 0. The van der Waals surface area contributed by atoms with Gasteiger partial charge in [-0.3, -0.25) is 4.79 Å². The molecule has 1 saturated carbocycles. The molecule has 1 aliphatic carbocycles. The van der Waals surface area contributed by atoms with Gasteiger partial charge >= 0.3 is 0 Å². The molecule has 1 amide bonds. The van der Waals surface area contributed by atoms with Gasteiger partial charge in [0.05, 0.1) is 0 Å². The molecule has 2 rings (SSSR count). The fraction of sp³-hybridized carbons (Fsp3) is 0.944. The molecule has 1 atom stereocenters. The van der Waals surface area contributed by atoms with Crippen LogP contribution in [-0.4, -0.2) is 56.6 Å². The highest BCUT2D eigenvalue weighted by Crippen LogP contribution is 2.61. The molecule has 2 aliphatic rings. The third-order valence-electron chi connectivity index (χ3n) is 5.50. The molecule has 0 aromatic carbocycles. The van der Waals surface area contributed by atoms with Crippen molar-refractivity contribution in [3.8, 4) is 0 Å². The summed E-state index contributed by atoms with van der Waals surface area (Å²) in [5.41, 5.74) is 0.165. The summed E-state index contributed by atoms with van der Waals surface area (Å²) < 4.78 is 16.6. The van der Waals surface area contributed by atoms with E-state index in [2.05, 4.69) is 20.8 Å². The zero-order chi connectivity index (χ0) is 17.1. The predicted octanol–water partition coefficient (Wildman–Crippen LogP) is 2.83. The summed E-state index contributed by atoms with van der Waals surface area (Å²) in [5.74, 6) is 0.108. The number of rotatable bonds is 9. The van der Waals surface area contributed by atoms with Gasteiger partial charge in [-0.15, -0.1) is 0 Å². The summed E-state index contributed by atoms with van der Waals surface area (Å²) in [6.07, 6.45) is 5.10. The minimum atomic E-state index is -0.446. The van der Waals surface area contributed by atoms with Crippen molar-refractivity contribution in [1.29, 1.82) is 0 Å². The number of likely N-dealkylation sites (tertiary alicyclic amines) is 1. The highest BCUT2D eigenvalue weighted by molar-refractivity contribution is 5.79. The Hall–Kier alpha value is -0.650. The van der Waals surface area contributed by atoms with Crippen LogP contribution in [0, 0.1) is 11.3 Å². The molecule has 0 aromatic heterocycles. The summed E-state index contributed by atoms with van der Waals surface area (Å²) in [6.45, 7) is 8.24. The lowest BCUT2D eigenvalue weighted by Crippen LogP contribution is -2.76. The van der Waals surface area contributed by atoms with Crippen molar-refractivity contribution in [3.05, 3.63) is 0 Å². The van der Waals surface area contributed by atoms with E-state index in [1.807, 2.05) is 4.90 Å². The largest absolute Gasteiger partial charge is 0.372 e. The topological polar surface area (TPSA) is 48.0 Å². The van der Waals surface area contributed by atoms with Crippen molar-refractivity contribution in [2.24, 2.45) is 11.3 Å². The second-order valence-electron chi connectivity index (χ2n) is 7.51. The zero-order valence-corrected chi connectivity index (χ0v) is 15.4. The Morgan fingerprint density at radius 2 is 1.87 bits per heavy atom. The van der Waals surface area contributed by atoms with Crippen LogP contribution in [0.15, 0.2) is 0 Å². The first-order chi connectivity index (χ1) is 10.9. The van der Waals surface area contributed by atoms with Gasteiger partial charge in [-0.25, -0.2) is 0 Å². The van der Waals surface area contributed by atoms with Crippen molar-refractivity contribution in [3.63, 3.8) is 0 Å². The van der Waals surface area contributed by atoms with E-state index < -0.39 is 5.79 Å². The standard InChI is InChI=1S/C18H33NO4/c1-6-7-8-9-23-10-15(20)19-13-17(16(19)14(2)3)11-18(12-17,21-4)22-5/h14,16H,6-13H2,1-5H3. The molecule has 1 heterocycles. The van der Waals surface area contributed by atoms with E-state index >= 15 is 0 Å². The normalized spacial score (nSPS) is 24.6. The molecular formula is C18H33NO4. The number of carbonyl (C=O) groups excluding carboxylic acids is 1. The van der Waals surface area contributed by atoms with Crippen LogP contribution in [0.2, 0.25) is 0 Å². The van der Waals surface area contributed by atoms with E-state index in [9.17, 15) is 4.79 Å². The Bertz CT molecular complexity index is 398. The molecule has 1 saturated heterocycles. The average molecular weight is 327 g/mol. The molecule has 23 heavy (non-hydrogen) atoms. The predicted molar refractivity (Wildman–Crippen MR) is 89.1 cm³/mol. The Morgan fingerprint density at radius 1 is 1.22 bits per heavy atom. The lowest BCUT2D eigenvalue weighted by Gasteiger charge is -2.68. The quantitative estimate of drug-likeness (QED) is 0.483. The SMILES string of the molecule is CCCCCOCC(=O)N1CC2(CC(OC)(OC)C2)C1C(C)C. The van der Waals surface area contributed by atoms with Crippen LogP contribution in [0.4, 0.5) is 0 Å². The number of hydrogen-bond donors (Lipinski definition) is 0. The maximum Gasteiger partial charge on any atom is 0.248 e. The molecule has 0 aromatic rings. The van der Waals surface area contributed by atoms with Gasteiger partial charge in [0.2, 0.25) is 5.91 Å². The van der Waals surface area contributed by atoms with Crippen molar-refractivity contribution in [2.75, 3.05) is 34.0 Å². The van der Waals surface area contributed by atoms with E-state index in [0.29, 0.717) is 12.5 Å². The summed E-state index contributed by atoms with van der Waals surface area (Å²) in [6, 6.07) is 0.271. The van der Waals surface area contributed by atoms with Gasteiger partial charge in [0, 0.05) is 51.7 Å².